The highest BCUT2D eigenvalue weighted by molar-refractivity contribution is 7.13. The van der Waals surface area contributed by atoms with Crippen LogP contribution < -0.4 is 5.32 Å². The van der Waals surface area contributed by atoms with Crippen molar-refractivity contribution in [2.24, 2.45) is 0 Å². The van der Waals surface area contributed by atoms with Crippen molar-refractivity contribution in [3.63, 3.8) is 0 Å². The molecule has 1 aliphatic heterocycles. The minimum atomic E-state index is -0.233. The average Bonchev–Trinajstić information content (AvgIpc) is 3.00. The number of thiazole rings is 1. The van der Waals surface area contributed by atoms with Gasteiger partial charge in [-0.3, -0.25) is 9.59 Å². The highest BCUT2D eigenvalue weighted by atomic mass is 32.1. The van der Waals surface area contributed by atoms with E-state index in [1.54, 1.807) is 11.6 Å². The molecule has 1 aromatic heterocycles. The number of nitrogens with one attached hydrogen (secondary N) is 1. The first kappa shape index (κ1) is 14.0. The summed E-state index contributed by atoms with van der Waals surface area (Å²) in [6, 6.07) is 0. The molecule has 1 atom stereocenters. The lowest BCUT2D eigenvalue weighted by atomic mass is 10.2. The van der Waals surface area contributed by atoms with E-state index in [4.69, 9.17) is 4.74 Å². The van der Waals surface area contributed by atoms with Crippen LogP contribution in [0.2, 0.25) is 0 Å². The van der Waals surface area contributed by atoms with Crippen LogP contribution >= 0.6 is 11.3 Å². The van der Waals surface area contributed by atoms with Crippen LogP contribution in [0, 0.1) is 0 Å². The standard InChI is InChI=1S/C12H17N3O3S/c1-9(16)15(7-10-3-2-5-18-10)8-11(17)14-12-13-4-6-19-12/h4,6,10H,2-3,5,7-8H2,1H3,(H,13,14,17)/t10-/m1/s1. The molecule has 1 fully saturated rings. The van der Waals surface area contributed by atoms with Crippen molar-refractivity contribution >= 4 is 28.3 Å². The molecule has 1 saturated heterocycles. The predicted octanol–water partition coefficient (Wildman–Crippen LogP) is 1.11. The zero-order valence-electron chi connectivity index (χ0n) is 10.8. The molecule has 0 saturated carbocycles. The van der Waals surface area contributed by atoms with E-state index >= 15 is 0 Å². The molecule has 0 aliphatic carbocycles. The normalized spacial score (nSPS) is 18.3. The lowest BCUT2D eigenvalue weighted by Crippen LogP contribution is -2.41. The van der Waals surface area contributed by atoms with Crippen LogP contribution in [0.5, 0.6) is 0 Å². The van der Waals surface area contributed by atoms with Gasteiger partial charge in [0.1, 0.15) is 6.54 Å². The first-order chi connectivity index (χ1) is 9.15. The summed E-state index contributed by atoms with van der Waals surface area (Å²) in [5.41, 5.74) is 0. The highest BCUT2D eigenvalue weighted by Gasteiger charge is 2.22. The zero-order valence-corrected chi connectivity index (χ0v) is 11.6. The van der Waals surface area contributed by atoms with E-state index in [0.717, 1.165) is 19.4 Å². The number of carbonyl (C=O) groups excluding carboxylic acids is 2. The molecule has 6 nitrogen and oxygen atoms in total. The number of hydrogen-bond acceptors (Lipinski definition) is 5. The number of carbonyl (C=O) groups is 2. The second-order valence-corrected chi connectivity index (χ2v) is 5.31. The monoisotopic (exact) mass is 283 g/mol. The van der Waals surface area contributed by atoms with Crippen molar-refractivity contribution in [3.05, 3.63) is 11.6 Å². The Hall–Kier alpha value is -1.47. The number of anilines is 1. The number of amides is 2. The van der Waals surface area contributed by atoms with Gasteiger partial charge in [0.05, 0.1) is 6.10 Å². The van der Waals surface area contributed by atoms with Crippen LogP contribution in [0.1, 0.15) is 19.8 Å². The smallest absolute Gasteiger partial charge is 0.245 e. The molecule has 7 heteroatoms. The second-order valence-electron chi connectivity index (χ2n) is 4.42. The Morgan fingerprint density at radius 1 is 1.63 bits per heavy atom. The summed E-state index contributed by atoms with van der Waals surface area (Å²) >= 11 is 1.35. The third-order valence-electron chi connectivity index (χ3n) is 2.91. The van der Waals surface area contributed by atoms with E-state index in [0.29, 0.717) is 11.7 Å². The quantitative estimate of drug-likeness (QED) is 0.878. The van der Waals surface area contributed by atoms with Gasteiger partial charge < -0.3 is 15.0 Å². The van der Waals surface area contributed by atoms with Gasteiger partial charge in [-0.15, -0.1) is 11.3 Å². The minimum absolute atomic E-state index is 0.0365. The molecule has 19 heavy (non-hydrogen) atoms. The summed E-state index contributed by atoms with van der Waals surface area (Å²) < 4.78 is 5.49. The molecular formula is C12H17N3O3S. The lowest BCUT2D eigenvalue weighted by Gasteiger charge is -2.23. The fraction of sp³-hybridized carbons (Fsp3) is 0.583. The largest absolute Gasteiger partial charge is 0.376 e. The molecule has 0 aromatic carbocycles. The van der Waals surface area contributed by atoms with Gasteiger partial charge in [-0.1, -0.05) is 0 Å². The van der Waals surface area contributed by atoms with Crippen molar-refractivity contribution in [3.8, 4) is 0 Å². The third kappa shape index (κ3) is 4.29. The summed E-state index contributed by atoms with van der Waals surface area (Å²) in [5, 5.41) is 5.00. The Labute approximate surface area is 115 Å². The Kier molecular flexibility index (Phi) is 4.86. The van der Waals surface area contributed by atoms with Gasteiger partial charge in [-0.05, 0) is 12.8 Å². The van der Waals surface area contributed by atoms with E-state index in [-0.39, 0.29) is 24.5 Å². The molecule has 0 spiro atoms. The van der Waals surface area contributed by atoms with Crippen LogP contribution in [0.15, 0.2) is 11.6 Å². The fourth-order valence-corrected chi connectivity index (χ4v) is 2.50. The van der Waals surface area contributed by atoms with Gasteiger partial charge in [0.15, 0.2) is 5.13 Å². The van der Waals surface area contributed by atoms with Gasteiger partial charge in [-0.2, -0.15) is 0 Å². The topological polar surface area (TPSA) is 71.5 Å². The van der Waals surface area contributed by atoms with Gasteiger partial charge in [0.25, 0.3) is 0 Å². The molecular weight excluding hydrogens is 266 g/mol. The zero-order chi connectivity index (χ0) is 13.7. The Morgan fingerprint density at radius 3 is 3.05 bits per heavy atom. The Morgan fingerprint density at radius 2 is 2.47 bits per heavy atom. The minimum Gasteiger partial charge on any atom is -0.376 e. The van der Waals surface area contributed by atoms with Crippen LogP contribution in [0.25, 0.3) is 0 Å². The van der Waals surface area contributed by atoms with Gasteiger partial charge in [0.2, 0.25) is 11.8 Å². The van der Waals surface area contributed by atoms with E-state index < -0.39 is 0 Å². The summed E-state index contributed by atoms with van der Waals surface area (Å²) in [6.07, 6.45) is 3.63. The molecule has 2 heterocycles. The predicted molar refractivity (Wildman–Crippen MR) is 72.0 cm³/mol. The molecule has 1 aliphatic rings. The van der Waals surface area contributed by atoms with Crippen LogP contribution in [0.4, 0.5) is 5.13 Å². The third-order valence-corrected chi connectivity index (χ3v) is 3.60. The number of hydrogen-bond donors (Lipinski definition) is 1. The SMILES string of the molecule is CC(=O)N(CC(=O)Nc1nccs1)C[C@H]1CCCO1. The molecule has 2 amide bonds. The maximum Gasteiger partial charge on any atom is 0.245 e. The van der Waals surface area contributed by atoms with Crippen LogP contribution in [0.3, 0.4) is 0 Å². The van der Waals surface area contributed by atoms with Gasteiger partial charge >= 0.3 is 0 Å². The molecule has 0 unspecified atom stereocenters. The highest BCUT2D eigenvalue weighted by Crippen LogP contribution is 2.14. The first-order valence-electron chi connectivity index (χ1n) is 6.21. The van der Waals surface area contributed by atoms with Crippen molar-refractivity contribution in [2.45, 2.75) is 25.9 Å². The Balaban J connectivity index is 1.85. The van der Waals surface area contributed by atoms with Gasteiger partial charge in [-0.25, -0.2) is 4.98 Å². The molecule has 2 rings (SSSR count). The summed E-state index contributed by atoms with van der Waals surface area (Å²) in [7, 11) is 0. The molecule has 0 bridgehead atoms. The maximum atomic E-state index is 11.8. The molecule has 104 valence electrons. The number of aromatic nitrogens is 1. The summed E-state index contributed by atoms with van der Waals surface area (Å²) in [6.45, 7) is 2.71. The van der Waals surface area contributed by atoms with Crippen molar-refractivity contribution in [2.75, 3.05) is 25.0 Å². The molecule has 1 aromatic rings. The Bertz CT molecular complexity index is 429. The van der Waals surface area contributed by atoms with E-state index in [9.17, 15) is 9.59 Å². The second kappa shape index (κ2) is 6.63. The van der Waals surface area contributed by atoms with Crippen LogP contribution in [-0.2, 0) is 14.3 Å². The molecule has 0 radical (unpaired) electrons. The van der Waals surface area contributed by atoms with Crippen molar-refractivity contribution in [1.82, 2.24) is 9.88 Å². The van der Waals surface area contributed by atoms with E-state index in [1.165, 1.54) is 23.2 Å². The lowest BCUT2D eigenvalue weighted by molar-refractivity contribution is -0.134. The number of ether oxygens (including phenoxy) is 1. The maximum absolute atomic E-state index is 11.8. The van der Waals surface area contributed by atoms with E-state index in [2.05, 4.69) is 10.3 Å². The van der Waals surface area contributed by atoms with Crippen LogP contribution in [-0.4, -0.2) is 47.5 Å². The number of nitrogens with zero attached hydrogens (tertiary/aromatic N) is 2. The fourth-order valence-electron chi connectivity index (χ4n) is 1.96. The summed E-state index contributed by atoms with van der Waals surface area (Å²) in [5.74, 6) is -0.354. The first-order valence-corrected chi connectivity index (χ1v) is 7.09. The molecule has 1 N–H and O–H groups in total. The van der Waals surface area contributed by atoms with E-state index in [1.807, 2.05) is 0 Å². The summed E-state index contributed by atoms with van der Waals surface area (Å²) in [4.78, 5) is 28.8. The average molecular weight is 283 g/mol. The van der Waals surface area contributed by atoms with Crippen molar-refractivity contribution < 1.29 is 14.3 Å². The van der Waals surface area contributed by atoms with Crippen molar-refractivity contribution in [1.29, 1.82) is 0 Å². The number of rotatable bonds is 5. The van der Waals surface area contributed by atoms with Gasteiger partial charge in [0, 0.05) is 31.7 Å².